The van der Waals surface area contributed by atoms with Gasteiger partial charge in [-0.1, -0.05) is 0 Å². The fraction of sp³-hybridized carbons (Fsp3) is 0.214. The van der Waals surface area contributed by atoms with E-state index in [0.29, 0.717) is 0 Å². The minimum absolute atomic E-state index is 0.249. The predicted molar refractivity (Wildman–Crippen MR) is 77.2 cm³/mol. The summed E-state index contributed by atoms with van der Waals surface area (Å²) in [5.41, 5.74) is 3.50. The number of aromatic hydroxyl groups is 1. The van der Waals surface area contributed by atoms with Gasteiger partial charge in [-0.05, 0) is 37.6 Å². The molecule has 0 amide bonds. The Labute approximate surface area is 116 Å². The van der Waals surface area contributed by atoms with Gasteiger partial charge in [0, 0.05) is 12.7 Å². The Balaban J connectivity index is 2.11. The van der Waals surface area contributed by atoms with E-state index < -0.39 is 0 Å². The molecule has 0 fully saturated rings. The second kappa shape index (κ2) is 4.48. The van der Waals surface area contributed by atoms with Crippen LogP contribution in [0.15, 0.2) is 24.5 Å². The minimum Gasteiger partial charge on any atom is -0.508 e. The molecule has 1 aromatic carbocycles. The quantitative estimate of drug-likeness (QED) is 0.699. The lowest BCUT2D eigenvalue weighted by Crippen LogP contribution is -1.98. The highest BCUT2D eigenvalue weighted by Crippen LogP contribution is 2.28. The zero-order chi connectivity index (χ0) is 14.3. The molecule has 0 saturated carbocycles. The normalized spacial score (nSPS) is 10.9. The Morgan fingerprint density at radius 1 is 1.20 bits per heavy atom. The molecule has 0 aliphatic heterocycles. The van der Waals surface area contributed by atoms with Crippen molar-refractivity contribution in [1.29, 1.82) is 0 Å². The summed E-state index contributed by atoms with van der Waals surface area (Å²) in [6.07, 6.45) is 1.52. The highest BCUT2D eigenvalue weighted by atomic mass is 16.3. The first kappa shape index (κ1) is 12.4. The number of anilines is 2. The fourth-order valence-corrected chi connectivity index (χ4v) is 2.29. The monoisotopic (exact) mass is 269 g/mol. The third kappa shape index (κ3) is 1.95. The molecule has 2 heterocycles. The summed E-state index contributed by atoms with van der Waals surface area (Å²) in [7, 11) is 1.86. The summed E-state index contributed by atoms with van der Waals surface area (Å²) in [4.78, 5) is 8.55. The Bertz CT molecular complexity index is 794. The molecule has 0 aliphatic rings. The maximum Gasteiger partial charge on any atom is 0.163 e. The van der Waals surface area contributed by atoms with Gasteiger partial charge in [0.1, 0.15) is 17.9 Å². The van der Waals surface area contributed by atoms with Crippen molar-refractivity contribution in [2.45, 2.75) is 13.8 Å². The number of hydrogen-bond acceptors (Lipinski definition) is 5. The van der Waals surface area contributed by atoms with E-state index in [4.69, 9.17) is 0 Å². The molecule has 0 atom stereocenters. The average Bonchev–Trinajstić information content (AvgIpc) is 2.69. The van der Waals surface area contributed by atoms with Crippen LogP contribution in [-0.2, 0) is 7.05 Å². The molecule has 0 saturated heterocycles. The number of benzene rings is 1. The molecule has 3 aromatic rings. The van der Waals surface area contributed by atoms with Gasteiger partial charge in [-0.15, -0.1) is 0 Å². The molecular formula is C14H15N5O. The summed E-state index contributed by atoms with van der Waals surface area (Å²) in [5, 5.41) is 18.0. The van der Waals surface area contributed by atoms with Crippen molar-refractivity contribution in [3.63, 3.8) is 0 Å². The standard InChI is InChI=1S/C14H15N5O/c1-8-6-10(20)4-5-11(8)17-13-12-9(2)18-19(3)14(12)16-7-15-13/h4-7,20H,1-3H3,(H,15,16,17). The molecule has 102 valence electrons. The van der Waals surface area contributed by atoms with Crippen LogP contribution in [-0.4, -0.2) is 24.9 Å². The van der Waals surface area contributed by atoms with Gasteiger partial charge in [0.25, 0.3) is 0 Å². The van der Waals surface area contributed by atoms with Gasteiger partial charge in [-0.2, -0.15) is 5.10 Å². The zero-order valence-electron chi connectivity index (χ0n) is 11.5. The number of phenolic OH excluding ortho intramolecular Hbond substituents is 1. The number of nitrogens with zero attached hydrogens (tertiary/aromatic N) is 4. The van der Waals surface area contributed by atoms with Crippen LogP contribution < -0.4 is 5.32 Å². The summed E-state index contributed by atoms with van der Waals surface area (Å²) in [6, 6.07) is 5.17. The third-order valence-electron chi connectivity index (χ3n) is 3.26. The van der Waals surface area contributed by atoms with E-state index >= 15 is 0 Å². The van der Waals surface area contributed by atoms with Gasteiger partial charge < -0.3 is 10.4 Å². The van der Waals surface area contributed by atoms with Gasteiger partial charge in [-0.3, -0.25) is 4.68 Å². The molecule has 2 N–H and O–H groups in total. The van der Waals surface area contributed by atoms with Crippen LogP contribution in [0.4, 0.5) is 11.5 Å². The number of phenols is 1. The van der Waals surface area contributed by atoms with Crippen molar-refractivity contribution in [2.75, 3.05) is 5.32 Å². The van der Waals surface area contributed by atoms with Crippen LogP contribution in [0, 0.1) is 13.8 Å². The predicted octanol–water partition coefficient (Wildman–Crippen LogP) is 2.43. The second-order valence-electron chi connectivity index (χ2n) is 4.75. The number of aryl methyl sites for hydroxylation is 3. The lowest BCUT2D eigenvalue weighted by molar-refractivity contribution is 0.475. The van der Waals surface area contributed by atoms with Crippen molar-refractivity contribution in [3.8, 4) is 5.75 Å². The number of nitrogens with one attached hydrogen (secondary N) is 1. The van der Waals surface area contributed by atoms with E-state index in [1.807, 2.05) is 27.0 Å². The molecule has 0 spiro atoms. The minimum atomic E-state index is 0.249. The van der Waals surface area contributed by atoms with E-state index in [2.05, 4.69) is 20.4 Å². The van der Waals surface area contributed by atoms with E-state index in [9.17, 15) is 5.11 Å². The molecule has 2 aromatic heterocycles. The number of aromatic nitrogens is 4. The maximum absolute atomic E-state index is 9.46. The van der Waals surface area contributed by atoms with E-state index in [1.165, 1.54) is 6.33 Å². The molecule has 0 radical (unpaired) electrons. The van der Waals surface area contributed by atoms with Gasteiger partial charge >= 0.3 is 0 Å². The summed E-state index contributed by atoms with van der Waals surface area (Å²) >= 11 is 0. The third-order valence-corrected chi connectivity index (χ3v) is 3.26. The first-order chi connectivity index (χ1) is 9.56. The first-order valence-corrected chi connectivity index (χ1v) is 6.27. The van der Waals surface area contributed by atoms with E-state index in [-0.39, 0.29) is 5.75 Å². The number of rotatable bonds is 2. The Morgan fingerprint density at radius 2 is 2.00 bits per heavy atom. The fourth-order valence-electron chi connectivity index (χ4n) is 2.29. The average molecular weight is 269 g/mol. The van der Waals surface area contributed by atoms with Crippen molar-refractivity contribution in [2.24, 2.45) is 7.05 Å². The topological polar surface area (TPSA) is 75.9 Å². The lowest BCUT2D eigenvalue weighted by atomic mass is 10.2. The van der Waals surface area contributed by atoms with Crippen LogP contribution in [0.2, 0.25) is 0 Å². The molecule has 3 rings (SSSR count). The lowest BCUT2D eigenvalue weighted by Gasteiger charge is -2.10. The van der Waals surface area contributed by atoms with Crippen LogP contribution in [0.25, 0.3) is 11.0 Å². The van der Waals surface area contributed by atoms with Crippen LogP contribution in [0.3, 0.4) is 0 Å². The number of hydrogen-bond donors (Lipinski definition) is 2. The van der Waals surface area contributed by atoms with Crippen LogP contribution in [0.5, 0.6) is 5.75 Å². The van der Waals surface area contributed by atoms with Crippen molar-refractivity contribution >= 4 is 22.5 Å². The molecule has 0 unspecified atom stereocenters. The maximum atomic E-state index is 9.46. The van der Waals surface area contributed by atoms with E-state index in [0.717, 1.165) is 33.8 Å². The van der Waals surface area contributed by atoms with Crippen molar-refractivity contribution in [3.05, 3.63) is 35.8 Å². The molecular weight excluding hydrogens is 254 g/mol. The smallest absolute Gasteiger partial charge is 0.163 e. The van der Waals surface area contributed by atoms with E-state index in [1.54, 1.807) is 16.8 Å². The summed E-state index contributed by atoms with van der Waals surface area (Å²) in [5.74, 6) is 0.966. The SMILES string of the molecule is Cc1cc(O)ccc1Nc1ncnc2c1c(C)nn2C. The molecule has 0 bridgehead atoms. The molecule has 0 aliphatic carbocycles. The molecule has 6 heteroatoms. The van der Waals surface area contributed by atoms with Gasteiger partial charge in [-0.25, -0.2) is 9.97 Å². The van der Waals surface area contributed by atoms with Gasteiger partial charge in [0.2, 0.25) is 0 Å². The Hall–Kier alpha value is -2.63. The molecule has 6 nitrogen and oxygen atoms in total. The zero-order valence-corrected chi connectivity index (χ0v) is 11.5. The highest BCUT2D eigenvalue weighted by molar-refractivity contribution is 5.91. The number of fused-ring (bicyclic) bond motifs is 1. The Kier molecular flexibility index (Phi) is 2.78. The van der Waals surface area contributed by atoms with Crippen molar-refractivity contribution in [1.82, 2.24) is 19.7 Å². The Morgan fingerprint density at radius 3 is 2.75 bits per heavy atom. The summed E-state index contributed by atoms with van der Waals surface area (Å²) < 4.78 is 1.74. The van der Waals surface area contributed by atoms with Crippen molar-refractivity contribution < 1.29 is 5.11 Å². The van der Waals surface area contributed by atoms with Crippen LogP contribution in [0.1, 0.15) is 11.3 Å². The van der Waals surface area contributed by atoms with Gasteiger partial charge in [0.05, 0.1) is 11.1 Å². The second-order valence-corrected chi connectivity index (χ2v) is 4.75. The highest BCUT2D eigenvalue weighted by Gasteiger charge is 2.12. The van der Waals surface area contributed by atoms with Crippen LogP contribution >= 0.6 is 0 Å². The summed E-state index contributed by atoms with van der Waals surface area (Å²) in [6.45, 7) is 3.86. The van der Waals surface area contributed by atoms with Gasteiger partial charge in [0.15, 0.2) is 5.65 Å². The first-order valence-electron chi connectivity index (χ1n) is 6.27. The largest absolute Gasteiger partial charge is 0.508 e. The molecule has 20 heavy (non-hydrogen) atoms.